The van der Waals surface area contributed by atoms with Crippen LogP contribution in [0.15, 0.2) is 54.6 Å². The average Bonchev–Trinajstić information content (AvgIpc) is 2.38. The van der Waals surface area contributed by atoms with Crippen LogP contribution in [0.4, 0.5) is 0 Å². The summed E-state index contributed by atoms with van der Waals surface area (Å²) in [7, 11) is 1.66. The summed E-state index contributed by atoms with van der Waals surface area (Å²) in [5.74, 6) is 7.02. The second-order valence-electron chi connectivity index (χ2n) is 3.32. The van der Waals surface area contributed by atoms with Gasteiger partial charge in [0.2, 0.25) is 0 Å². The van der Waals surface area contributed by atoms with Crippen molar-refractivity contribution in [3.63, 3.8) is 0 Å². The van der Waals surface area contributed by atoms with E-state index in [1.54, 1.807) is 7.11 Å². The maximum absolute atomic E-state index is 5.23. The second kappa shape index (κ2) is 5.04. The van der Waals surface area contributed by atoms with Crippen LogP contribution >= 0.6 is 0 Å². The number of rotatable bonds is 1. The van der Waals surface area contributed by atoms with E-state index in [2.05, 4.69) is 11.8 Å². The number of ether oxygens (including phenoxy) is 1. The number of hydrogen-bond donors (Lipinski definition) is 0. The van der Waals surface area contributed by atoms with Gasteiger partial charge >= 0.3 is 0 Å². The van der Waals surface area contributed by atoms with Gasteiger partial charge < -0.3 is 4.74 Å². The predicted octanol–water partition coefficient (Wildman–Crippen LogP) is 3.10. The maximum Gasteiger partial charge on any atom is 0.134 e. The van der Waals surface area contributed by atoms with Crippen molar-refractivity contribution in [2.75, 3.05) is 7.11 Å². The first-order chi connectivity index (χ1) is 7.90. The summed E-state index contributed by atoms with van der Waals surface area (Å²) >= 11 is 0. The molecule has 78 valence electrons. The van der Waals surface area contributed by atoms with Crippen molar-refractivity contribution in [2.24, 2.45) is 0 Å². The van der Waals surface area contributed by atoms with Gasteiger partial charge in [-0.05, 0) is 24.3 Å². The maximum atomic E-state index is 5.23. The minimum Gasteiger partial charge on any atom is -0.495 e. The summed E-state index contributed by atoms with van der Waals surface area (Å²) in [6.45, 7) is 0. The van der Waals surface area contributed by atoms with E-state index < -0.39 is 0 Å². The molecule has 0 aliphatic heterocycles. The van der Waals surface area contributed by atoms with Gasteiger partial charge in [0.05, 0.1) is 12.7 Å². The molecule has 2 rings (SSSR count). The molecule has 2 aromatic carbocycles. The Morgan fingerprint density at radius 3 is 2.25 bits per heavy atom. The largest absolute Gasteiger partial charge is 0.495 e. The van der Waals surface area contributed by atoms with Crippen molar-refractivity contribution in [1.29, 1.82) is 0 Å². The predicted molar refractivity (Wildman–Crippen MR) is 65.4 cm³/mol. The normalized spacial score (nSPS) is 9.06. The summed E-state index contributed by atoms with van der Waals surface area (Å²) in [5, 5.41) is 0. The minimum absolute atomic E-state index is 0.811. The Bertz CT molecular complexity index is 518. The van der Waals surface area contributed by atoms with E-state index in [0.717, 1.165) is 16.9 Å². The number of hydrogen-bond acceptors (Lipinski definition) is 1. The van der Waals surface area contributed by atoms with Crippen LogP contribution in [0.25, 0.3) is 0 Å². The molecule has 0 atom stereocenters. The molecular formula is C15H12O. The highest BCUT2D eigenvalue weighted by molar-refractivity contribution is 5.49. The first kappa shape index (κ1) is 10.3. The lowest BCUT2D eigenvalue weighted by molar-refractivity contribution is 0.413. The Labute approximate surface area is 95.7 Å². The van der Waals surface area contributed by atoms with Crippen molar-refractivity contribution in [2.45, 2.75) is 0 Å². The van der Waals surface area contributed by atoms with Gasteiger partial charge in [0.25, 0.3) is 0 Å². The van der Waals surface area contributed by atoms with Crippen LogP contribution in [-0.4, -0.2) is 7.11 Å². The topological polar surface area (TPSA) is 9.23 Å². The molecule has 0 spiro atoms. The summed E-state index contributed by atoms with van der Waals surface area (Å²) in [6, 6.07) is 17.7. The van der Waals surface area contributed by atoms with Crippen LogP contribution in [0.1, 0.15) is 11.1 Å². The molecule has 0 bridgehead atoms. The standard InChI is InChI=1S/C15H12O/c1-16-15-10-6-5-9-14(15)12-11-13-7-3-2-4-8-13/h2-10H,1H3. The van der Waals surface area contributed by atoms with Gasteiger partial charge in [-0.25, -0.2) is 0 Å². The Morgan fingerprint density at radius 1 is 0.812 bits per heavy atom. The monoisotopic (exact) mass is 208 g/mol. The van der Waals surface area contributed by atoms with Crippen LogP contribution in [0.3, 0.4) is 0 Å². The molecule has 0 N–H and O–H groups in total. The van der Waals surface area contributed by atoms with Crippen LogP contribution in [-0.2, 0) is 0 Å². The third-order valence-electron chi connectivity index (χ3n) is 2.22. The van der Waals surface area contributed by atoms with E-state index in [-0.39, 0.29) is 0 Å². The zero-order valence-electron chi connectivity index (χ0n) is 9.10. The summed E-state index contributed by atoms with van der Waals surface area (Å²) in [6.07, 6.45) is 0. The molecule has 0 unspecified atom stereocenters. The zero-order valence-corrected chi connectivity index (χ0v) is 9.10. The van der Waals surface area contributed by atoms with Crippen LogP contribution < -0.4 is 4.74 Å². The van der Waals surface area contributed by atoms with Crippen molar-refractivity contribution in [3.05, 3.63) is 65.7 Å². The highest BCUT2D eigenvalue weighted by atomic mass is 16.5. The molecule has 16 heavy (non-hydrogen) atoms. The fraction of sp³-hybridized carbons (Fsp3) is 0.0667. The lowest BCUT2D eigenvalue weighted by Crippen LogP contribution is -1.86. The van der Waals surface area contributed by atoms with Crippen molar-refractivity contribution >= 4 is 0 Å². The van der Waals surface area contributed by atoms with Gasteiger partial charge in [-0.3, -0.25) is 0 Å². The third kappa shape index (κ3) is 2.43. The molecule has 0 saturated heterocycles. The Balaban J connectivity index is 2.31. The zero-order chi connectivity index (χ0) is 11.2. The van der Waals surface area contributed by atoms with Gasteiger partial charge in [-0.15, -0.1) is 0 Å². The molecule has 0 aromatic heterocycles. The smallest absolute Gasteiger partial charge is 0.134 e. The quantitative estimate of drug-likeness (QED) is 0.654. The highest BCUT2D eigenvalue weighted by Gasteiger charge is 1.95. The number of para-hydroxylation sites is 1. The van der Waals surface area contributed by atoms with Crippen molar-refractivity contribution in [1.82, 2.24) is 0 Å². The summed E-state index contributed by atoms with van der Waals surface area (Å²) in [4.78, 5) is 0. The molecule has 1 nitrogen and oxygen atoms in total. The molecule has 0 radical (unpaired) electrons. The van der Waals surface area contributed by atoms with Crippen molar-refractivity contribution in [3.8, 4) is 17.6 Å². The summed E-state index contributed by atoms with van der Waals surface area (Å²) < 4.78 is 5.23. The molecule has 0 amide bonds. The summed E-state index contributed by atoms with van der Waals surface area (Å²) in [5.41, 5.74) is 1.92. The van der Waals surface area contributed by atoms with Crippen LogP contribution in [0.5, 0.6) is 5.75 Å². The Hall–Kier alpha value is -2.20. The molecule has 0 heterocycles. The van der Waals surface area contributed by atoms with Crippen LogP contribution in [0.2, 0.25) is 0 Å². The highest BCUT2D eigenvalue weighted by Crippen LogP contribution is 2.15. The minimum atomic E-state index is 0.811. The molecule has 0 fully saturated rings. The molecule has 0 aliphatic carbocycles. The van der Waals surface area contributed by atoms with Gasteiger partial charge in [-0.1, -0.05) is 42.2 Å². The lowest BCUT2D eigenvalue weighted by Gasteiger charge is -2.00. The lowest BCUT2D eigenvalue weighted by atomic mass is 10.1. The SMILES string of the molecule is COc1ccccc1C#Cc1ccccc1. The van der Waals surface area contributed by atoms with Gasteiger partial charge in [-0.2, -0.15) is 0 Å². The average molecular weight is 208 g/mol. The Morgan fingerprint density at radius 2 is 1.50 bits per heavy atom. The number of methoxy groups -OCH3 is 1. The van der Waals surface area contributed by atoms with Gasteiger partial charge in [0.15, 0.2) is 0 Å². The van der Waals surface area contributed by atoms with Crippen molar-refractivity contribution < 1.29 is 4.74 Å². The molecule has 0 aliphatic rings. The first-order valence-corrected chi connectivity index (χ1v) is 5.10. The van der Waals surface area contributed by atoms with E-state index in [4.69, 9.17) is 4.74 Å². The third-order valence-corrected chi connectivity index (χ3v) is 2.22. The van der Waals surface area contributed by atoms with Gasteiger partial charge in [0, 0.05) is 5.56 Å². The molecule has 0 saturated carbocycles. The first-order valence-electron chi connectivity index (χ1n) is 5.10. The molecule has 2 aromatic rings. The van der Waals surface area contributed by atoms with E-state index in [1.807, 2.05) is 54.6 Å². The van der Waals surface area contributed by atoms with Crippen LogP contribution in [0, 0.1) is 11.8 Å². The number of benzene rings is 2. The molecular weight excluding hydrogens is 196 g/mol. The van der Waals surface area contributed by atoms with E-state index >= 15 is 0 Å². The van der Waals surface area contributed by atoms with E-state index in [9.17, 15) is 0 Å². The Kier molecular flexibility index (Phi) is 3.25. The second-order valence-corrected chi connectivity index (χ2v) is 3.32. The van der Waals surface area contributed by atoms with E-state index in [0.29, 0.717) is 0 Å². The van der Waals surface area contributed by atoms with E-state index in [1.165, 1.54) is 0 Å². The van der Waals surface area contributed by atoms with Gasteiger partial charge in [0.1, 0.15) is 5.75 Å². The molecule has 1 heteroatoms. The fourth-order valence-electron chi connectivity index (χ4n) is 1.41. The fourth-order valence-corrected chi connectivity index (χ4v) is 1.41.